The molecule has 3 rings (SSSR count). The fraction of sp³-hybridized carbons (Fsp3) is 0.250. The highest BCUT2D eigenvalue weighted by Gasteiger charge is 2.68. The summed E-state index contributed by atoms with van der Waals surface area (Å²) in [4.78, 5) is 0.217. The molecule has 0 heterocycles. The fourth-order valence-electron chi connectivity index (χ4n) is 3.06. The second kappa shape index (κ2) is 5.86. The van der Waals surface area contributed by atoms with Crippen LogP contribution >= 0.6 is 27.5 Å². The van der Waals surface area contributed by atoms with Crippen molar-refractivity contribution in [1.82, 2.24) is 0 Å². The molecule has 3 atom stereocenters. The molecule has 1 fully saturated rings. The Labute approximate surface area is 148 Å². The zero-order valence-electron chi connectivity index (χ0n) is 12.1. The highest BCUT2D eigenvalue weighted by molar-refractivity contribution is 9.10. The van der Waals surface area contributed by atoms with Crippen molar-refractivity contribution < 1.29 is 8.42 Å². The summed E-state index contributed by atoms with van der Waals surface area (Å²) in [5.74, 6) is -0.318. The third kappa shape index (κ3) is 2.83. The third-order valence-corrected chi connectivity index (χ3v) is 7.45. The quantitative estimate of drug-likeness (QED) is 0.804. The van der Waals surface area contributed by atoms with Gasteiger partial charge in [-0.3, -0.25) is 0 Å². The van der Waals surface area contributed by atoms with Gasteiger partial charge in [0.1, 0.15) is 0 Å². The molecule has 122 valence electrons. The van der Waals surface area contributed by atoms with E-state index in [4.69, 9.17) is 23.1 Å². The van der Waals surface area contributed by atoms with E-state index >= 15 is 0 Å². The van der Waals surface area contributed by atoms with Crippen LogP contribution in [0.15, 0.2) is 57.9 Å². The van der Waals surface area contributed by atoms with Gasteiger partial charge >= 0.3 is 0 Å². The molecule has 0 aliphatic heterocycles. The normalized spacial score (nSPS) is 27.0. The Bertz CT molecular complexity index is 824. The van der Waals surface area contributed by atoms with Crippen LogP contribution in [0.5, 0.6) is 0 Å². The maximum absolute atomic E-state index is 12.9. The zero-order valence-corrected chi connectivity index (χ0v) is 15.3. The maximum Gasteiger partial charge on any atom is 0.183 e. The summed E-state index contributed by atoms with van der Waals surface area (Å²) in [5, 5.41) is -0.246. The molecule has 0 radical (unpaired) electrons. The molecule has 0 aromatic heterocycles. The average Bonchev–Trinajstić information content (AvgIpc) is 3.16. The SMILES string of the molecule is NC[C@@]1(N)[C@H](S(=O)(=O)c2ccc(Cl)cc2)[C@@H]1c1ccc(Br)cc1. The lowest BCUT2D eigenvalue weighted by molar-refractivity contribution is 0.586. The smallest absolute Gasteiger partial charge is 0.183 e. The summed E-state index contributed by atoms with van der Waals surface area (Å²) in [6.07, 6.45) is 0. The number of hydrogen-bond donors (Lipinski definition) is 2. The first kappa shape index (κ1) is 16.9. The molecule has 0 unspecified atom stereocenters. The molecule has 0 spiro atoms. The number of benzene rings is 2. The molecular weight excluding hydrogens is 400 g/mol. The third-order valence-electron chi connectivity index (χ3n) is 4.36. The largest absolute Gasteiger partial charge is 0.329 e. The highest BCUT2D eigenvalue weighted by atomic mass is 79.9. The Morgan fingerprint density at radius 2 is 1.65 bits per heavy atom. The first-order valence-electron chi connectivity index (χ1n) is 7.04. The highest BCUT2D eigenvalue weighted by Crippen LogP contribution is 2.55. The number of halogens is 2. The lowest BCUT2D eigenvalue weighted by Crippen LogP contribution is -2.39. The summed E-state index contributed by atoms with van der Waals surface area (Å²) in [7, 11) is -3.59. The minimum atomic E-state index is -3.59. The van der Waals surface area contributed by atoms with Gasteiger partial charge in [-0.1, -0.05) is 39.7 Å². The second-order valence-electron chi connectivity index (χ2n) is 5.77. The van der Waals surface area contributed by atoms with Gasteiger partial charge < -0.3 is 11.5 Å². The summed E-state index contributed by atoms with van der Waals surface area (Å²) >= 11 is 9.21. The van der Waals surface area contributed by atoms with Crippen molar-refractivity contribution in [3.63, 3.8) is 0 Å². The minimum Gasteiger partial charge on any atom is -0.329 e. The molecule has 7 heteroatoms. The Kier molecular flexibility index (Phi) is 4.31. The Hall–Kier alpha value is -0.920. The van der Waals surface area contributed by atoms with Gasteiger partial charge in [0.15, 0.2) is 9.84 Å². The van der Waals surface area contributed by atoms with Gasteiger partial charge in [-0.05, 0) is 42.0 Å². The van der Waals surface area contributed by atoms with Crippen LogP contribution in [0.1, 0.15) is 11.5 Å². The van der Waals surface area contributed by atoms with E-state index in [1.807, 2.05) is 24.3 Å². The molecule has 1 aliphatic carbocycles. The molecule has 4 N–H and O–H groups in total. The molecule has 0 bridgehead atoms. The van der Waals surface area contributed by atoms with Crippen LogP contribution in [0, 0.1) is 0 Å². The Morgan fingerprint density at radius 1 is 1.09 bits per heavy atom. The lowest BCUT2D eigenvalue weighted by Gasteiger charge is -2.09. The van der Waals surface area contributed by atoms with Gasteiger partial charge in [0.25, 0.3) is 0 Å². The van der Waals surface area contributed by atoms with E-state index in [0.29, 0.717) is 5.02 Å². The van der Waals surface area contributed by atoms with Gasteiger partial charge in [0.05, 0.1) is 15.7 Å². The van der Waals surface area contributed by atoms with Crippen molar-refractivity contribution in [1.29, 1.82) is 0 Å². The van der Waals surface area contributed by atoms with Gasteiger partial charge in [0, 0.05) is 22.0 Å². The van der Waals surface area contributed by atoms with Crippen molar-refractivity contribution in [3.8, 4) is 0 Å². The van der Waals surface area contributed by atoms with Gasteiger partial charge in [0.2, 0.25) is 0 Å². The summed E-state index contributed by atoms with van der Waals surface area (Å²) in [5.41, 5.74) is 12.0. The van der Waals surface area contributed by atoms with Crippen LogP contribution in [0.3, 0.4) is 0 Å². The van der Waals surface area contributed by atoms with Gasteiger partial charge in [-0.15, -0.1) is 0 Å². The minimum absolute atomic E-state index is 0.102. The van der Waals surface area contributed by atoms with Crippen molar-refractivity contribution in [3.05, 3.63) is 63.6 Å². The maximum atomic E-state index is 12.9. The van der Waals surface area contributed by atoms with Crippen LogP contribution in [-0.2, 0) is 9.84 Å². The average molecular weight is 416 g/mol. The van der Waals surface area contributed by atoms with Crippen molar-refractivity contribution in [2.24, 2.45) is 11.5 Å². The van der Waals surface area contributed by atoms with E-state index in [1.165, 1.54) is 12.1 Å². The van der Waals surface area contributed by atoms with Crippen LogP contribution in [0.2, 0.25) is 5.02 Å². The second-order valence-corrected chi connectivity index (χ2v) is 9.19. The zero-order chi connectivity index (χ0) is 16.8. The molecule has 2 aromatic carbocycles. The van der Waals surface area contributed by atoms with Crippen LogP contribution < -0.4 is 11.5 Å². The Balaban J connectivity index is 2.01. The van der Waals surface area contributed by atoms with Crippen LogP contribution in [0.25, 0.3) is 0 Å². The predicted molar refractivity (Wildman–Crippen MR) is 95.3 cm³/mol. The fourth-order valence-corrected chi connectivity index (χ4v) is 5.77. The van der Waals surface area contributed by atoms with E-state index in [9.17, 15) is 8.42 Å². The van der Waals surface area contributed by atoms with E-state index in [1.54, 1.807) is 12.1 Å². The number of rotatable bonds is 4. The standard InChI is InChI=1S/C16H16BrClN2O2S/c17-11-3-1-10(2-4-11)14-15(16(14,20)9-19)23(21,22)13-7-5-12(18)6-8-13/h1-8,14-15H,9,19-20H2/t14-,15+,16-/m0/s1. The topological polar surface area (TPSA) is 86.2 Å². The number of nitrogens with two attached hydrogens (primary N) is 2. The number of hydrogen-bond acceptors (Lipinski definition) is 4. The first-order chi connectivity index (χ1) is 10.8. The Morgan fingerprint density at radius 3 is 2.17 bits per heavy atom. The molecule has 0 amide bonds. The summed E-state index contributed by atoms with van der Waals surface area (Å²) < 4.78 is 26.8. The lowest BCUT2D eigenvalue weighted by atomic mass is 10.1. The van der Waals surface area contributed by atoms with Gasteiger partial charge in [-0.2, -0.15) is 0 Å². The van der Waals surface area contributed by atoms with Crippen molar-refractivity contribution in [2.45, 2.75) is 21.6 Å². The predicted octanol–water partition coefficient (Wildman–Crippen LogP) is 2.70. The molecule has 0 saturated heterocycles. The van der Waals surface area contributed by atoms with Crippen LogP contribution in [-0.4, -0.2) is 25.8 Å². The first-order valence-corrected chi connectivity index (χ1v) is 9.76. The van der Waals surface area contributed by atoms with E-state index in [-0.39, 0.29) is 17.4 Å². The molecule has 2 aromatic rings. The summed E-state index contributed by atoms with van der Waals surface area (Å²) in [6.45, 7) is 0.102. The molecule has 1 saturated carbocycles. The van der Waals surface area contributed by atoms with Crippen LogP contribution in [0.4, 0.5) is 0 Å². The monoisotopic (exact) mass is 414 g/mol. The van der Waals surface area contributed by atoms with Gasteiger partial charge in [-0.25, -0.2) is 8.42 Å². The molecule has 1 aliphatic rings. The van der Waals surface area contributed by atoms with E-state index < -0.39 is 20.6 Å². The van der Waals surface area contributed by atoms with Crippen molar-refractivity contribution in [2.75, 3.05) is 6.54 Å². The molecule has 23 heavy (non-hydrogen) atoms. The van der Waals surface area contributed by atoms with Crippen molar-refractivity contribution >= 4 is 37.4 Å². The summed E-state index contributed by atoms with van der Waals surface area (Å²) in [6, 6.07) is 13.6. The van der Waals surface area contributed by atoms with E-state index in [2.05, 4.69) is 15.9 Å². The van der Waals surface area contributed by atoms with E-state index in [0.717, 1.165) is 10.0 Å². The number of sulfone groups is 1. The molecular formula is C16H16BrClN2O2S. The molecule has 4 nitrogen and oxygen atoms in total.